The number of aliphatic hydroxyl groups excluding tert-OH is 1. The molecule has 80 valence electrons. The van der Waals surface area contributed by atoms with Gasteiger partial charge in [0.15, 0.2) is 0 Å². The van der Waals surface area contributed by atoms with Crippen LogP contribution >= 0.6 is 12.2 Å². The molecule has 1 unspecified atom stereocenters. The average Bonchev–Trinajstić information content (AvgIpc) is 2.16. The van der Waals surface area contributed by atoms with Crippen LogP contribution < -0.4 is 5.73 Å². The van der Waals surface area contributed by atoms with Crippen molar-refractivity contribution in [3.8, 4) is 0 Å². The van der Waals surface area contributed by atoms with Gasteiger partial charge >= 0.3 is 0 Å². The normalized spacial score (nSPS) is 22.1. The molecular weight excluding hydrogens is 200 g/mol. The first-order valence-corrected chi connectivity index (χ1v) is 5.24. The Labute approximate surface area is 89.1 Å². The Morgan fingerprint density at radius 2 is 2.29 bits per heavy atom. The lowest BCUT2D eigenvalue weighted by Gasteiger charge is -2.34. The summed E-state index contributed by atoms with van der Waals surface area (Å²) in [5, 5.41) is 9.09. The molecule has 0 saturated carbocycles. The molecule has 1 rings (SSSR count). The molecular formula is C9H16N2O2S. The zero-order valence-electron chi connectivity index (χ0n) is 8.11. The minimum atomic E-state index is -0.0590. The molecule has 0 aromatic rings. The maximum absolute atomic E-state index is 11.6. The Balaban J connectivity index is 2.54. The molecule has 1 aliphatic rings. The van der Waals surface area contributed by atoms with Gasteiger partial charge in [-0.25, -0.2) is 0 Å². The first kappa shape index (κ1) is 11.4. The molecule has 1 amide bonds. The van der Waals surface area contributed by atoms with Crippen LogP contribution in [0.15, 0.2) is 0 Å². The summed E-state index contributed by atoms with van der Waals surface area (Å²) in [6.45, 7) is 0.746. The largest absolute Gasteiger partial charge is 0.394 e. The topological polar surface area (TPSA) is 66.6 Å². The quantitative estimate of drug-likeness (QED) is 0.654. The predicted molar refractivity (Wildman–Crippen MR) is 57.8 cm³/mol. The van der Waals surface area contributed by atoms with Crippen LogP contribution in [0.2, 0.25) is 0 Å². The van der Waals surface area contributed by atoms with E-state index >= 15 is 0 Å². The fourth-order valence-corrected chi connectivity index (χ4v) is 1.89. The zero-order chi connectivity index (χ0) is 10.6. The lowest BCUT2D eigenvalue weighted by Crippen LogP contribution is -2.46. The highest BCUT2D eigenvalue weighted by atomic mass is 32.1. The summed E-state index contributed by atoms with van der Waals surface area (Å²) in [4.78, 5) is 13.5. The van der Waals surface area contributed by atoms with Crippen molar-refractivity contribution in [2.75, 3.05) is 13.2 Å². The SMILES string of the molecule is NC(=S)CC(=O)N1CCCCC1CO. The number of carbonyl (C=O) groups is 1. The second-order valence-electron chi connectivity index (χ2n) is 3.56. The minimum Gasteiger partial charge on any atom is -0.394 e. The number of thiocarbonyl (C=S) groups is 1. The molecule has 1 atom stereocenters. The van der Waals surface area contributed by atoms with Gasteiger partial charge in [-0.3, -0.25) is 4.79 Å². The van der Waals surface area contributed by atoms with Crippen LogP contribution in [-0.4, -0.2) is 40.1 Å². The summed E-state index contributed by atoms with van der Waals surface area (Å²) in [6.07, 6.45) is 3.06. The molecule has 1 fully saturated rings. The van der Waals surface area contributed by atoms with Crippen molar-refractivity contribution >= 4 is 23.1 Å². The van der Waals surface area contributed by atoms with Gasteiger partial charge in [-0.1, -0.05) is 12.2 Å². The van der Waals surface area contributed by atoms with Gasteiger partial charge in [-0.15, -0.1) is 0 Å². The third-order valence-electron chi connectivity index (χ3n) is 2.48. The second-order valence-corrected chi connectivity index (χ2v) is 4.09. The Morgan fingerprint density at radius 3 is 2.86 bits per heavy atom. The van der Waals surface area contributed by atoms with E-state index in [-0.39, 0.29) is 30.0 Å². The first-order valence-electron chi connectivity index (χ1n) is 4.83. The summed E-state index contributed by atoms with van der Waals surface area (Å²) in [5.74, 6) is -0.0590. The molecule has 5 heteroatoms. The van der Waals surface area contributed by atoms with Crippen LogP contribution in [-0.2, 0) is 4.79 Å². The molecule has 0 spiro atoms. The highest BCUT2D eigenvalue weighted by Gasteiger charge is 2.25. The molecule has 1 heterocycles. The first-order chi connectivity index (χ1) is 6.65. The molecule has 3 N–H and O–H groups in total. The minimum absolute atomic E-state index is 0.0308. The average molecular weight is 216 g/mol. The van der Waals surface area contributed by atoms with Gasteiger partial charge in [0.1, 0.15) is 0 Å². The Morgan fingerprint density at radius 1 is 1.57 bits per heavy atom. The molecule has 4 nitrogen and oxygen atoms in total. The van der Waals surface area contributed by atoms with E-state index in [9.17, 15) is 4.79 Å². The fourth-order valence-electron chi connectivity index (χ4n) is 1.77. The third kappa shape index (κ3) is 2.92. The van der Waals surface area contributed by atoms with Crippen LogP contribution in [0.3, 0.4) is 0 Å². The lowest BCUT2D eigenvalue weighted by atomic mass is 10.0. The molecule has 1 saturated heterocycles. The van der Waals surface area contributed by atoms with Crippen LogP contribution in [0.25, 0.3) is 0 Å². The number of amides is 1. The van der Waals surface area contributed by atoms with Gasteiger partial charge in [-0.05, 0) is 19.3 Å². The standard InChI is InChI=1S/C9H16N2O2S/c10-8(14)5-9(13)11-4-2-1-3-7(11)6-12/h7,12H,1-6H2,(H2,10,14). The number of nitrogens with two attached hydrogens (primary N) is 1. The van der Waals surface area contributed by atoms with Gasteiger partial charge in [-0.2, -0.15) is 0 Å². The molecule has 14 heavy (non-hydrogen) atoms. The third-order valence-corrected chi connectivity index (χ3v) is 2.63. The van der Waals surface area contributed by atoms with Gasteiger partial charge in [0, 0.05) is 6.54 Å². The zero-order valence-corrected chi connectivity index (χ0v) is 8.92. The maximum atomic E-state index is 11.6. The van der Waals surface area contributed by atoms with E-state index in [4.69, 9.17) is 10.8 Å². The van der Waals surface area contributed by atoms with Gasteiger partial charge < -0.3 is 15.7 Å². The van der Waals surface area contributed by atoms with Crippen LogP contribution in [0.1, 0.15) is 25.7 Å². The van der Waals surface area contributed by atoms with Crippen LogP contribution in [0.4, 0.5) is 0 Å². The summed E-state index contributed by atoms with van der Waals surface area (Å²) in [6, 6.07) is -0.0365. The van der Waals surface area contributed by atoms with Gasteiger partial charge in [0.2, 0.25) is 5.91 Å². The molecule has 1 aliphatic heterocycles. The maximum Gasteiger partial charge on any atom is 0.229 e. The van der Waals surface area contributed by atoms with Crippen molar-refractivity contribution in [3.05, 3.63) is 0 Å². The van der Waals surface area contributed by atoms with E-state index in [1.165, 1.54) is 0 Å². The van der Waals surface area contributed by atoms with Gasteiger partial charge in [0.05, 0.1) is 24.1 Å². The molecule has 0 aromatic carbocycles. The summed E-state index contributed by atoms with van der Waals surface area (Å²) in [7, 11) is 0. The van der Waals surface area contributed by atoms with Crippen molar-refractivity contribution in [2.45, 2.75) is 31.7 Å². The lowest BCUT2D eigenvalue weighted by molar-refractivity contribution is -0.134. The van der Waals surface area contributed by atoms with Crippen LogP contribution in [0.5, 0.6) is 0 Å². The van der Waals surface area contributed by atoms with Crippen molar-refractivity contribution in [1.29, 1.82) is 0 Å². The predicted octanol–water partition coefficient (Wildman–Crippen LogP) is 0.0360. The number of carbonyl (C=O) groups excluding carboxylic acids is 1. The number of hydrogen-bond donors (Lipinski definition) is 2. The number of aliphatic hydroxyl groups is 1. The molecule has 0 aliphatic carbocycles. The van der Waals surface area contributed by atoms with E-state index in [2.05, 4.69) is 12.2 Å². The number of likely N-dealkylation sites (tertiary alicyclic amines) is 1. The monoisotopic (exact) mass is 216 g/mol. The van der Waals surface area contributed by atoms with Crippen molar-refractivity contribution in [2.24, 2.45) is 5.73 Å². The van der Waals surface area contributed by atoms with E-state index in [0.29, 0.717) is 6.54 Å². The van der Waals surface area contributed by atoms with Crippen molar-refractivity contribution in [3.63, 3.8) is 0 Å². The second kappa shape index (κ2) is 5.26. The van der Waals surface area contributed by atoms with Gasteiger partial charge in [0.25, 0.3) is 0 Å². The fraction of sp³-hybridized carbons (Fsp3) is 0.778. The van der Waals surface area contributed by atoms with Crippen molar-refractivity contribution < 1.29 is 9.90 Å². The smallest absolute Gasteiger partial charge is 0.229 e. The molecule has 0 bridgehead atoms. The van der Waals surface area contributed by atoms with E-state index in [1.807, 2.05) is 0 Å². The van der Waals surface area contributed by atoms with E-state index < -0.39 is 0 Å². The Kier molecular flexibility index (Phi) is 4.28. The van der Waals surface area contributed by atoms with Crippen molar-refractivity contribution in [1.82, 2.24) is 4.90 Å². The Hall–Kier alpha value is -0.680. The number of piperidine rings is 1. The summed E-state index contributed by atoms with van der Waals surface area (Å²) < 4.78 is 0. The molecule has 0 radical (unpaired) electrons. The number of nitrogens with zero attached hydrogens (tertiary/aromatic N) is 1. The van der Waals surface area contributed by atoms with Crippen LogP contribution in [0, 0.1) is 0 Å². The Bertz CT molecular complexity index is 233. The number of hydrogen-bond acceptors (Lipinski definition) is 3. The van der Waals surface area contributed by atoms with E-state index in [1.54, 1.807) is 4.90 Å². The highest BCUT2D eigenvalue weighted by molar-refractivity contribution is 7.80. The van der Waals surface area contributed by atoms with E-state index in [0.717, 1.165) is 19.3 Å². The molecule has 0 aromatic heterocycles. The summed E-state index contributed by atoms with van der Waals surface area (Å²) in [5.41, 5.74) is 5.31. The number of rotatable bonds is 3. The summed E-state index contributed by atoms with van der Waals surface area (Å²) >= 11 is 4.68. The highest BCUT2D eigenvalue weighted by Crippen LogP contribution is 2.17.